The summed E-state index contributed by atoms with van der Waals surface area (Å²) in [5.74, 6) is 1.36. The molecule has 1 aliphatic carbocycles. The molecule has 1 aliphatic rings. The van der Waals surface area contributed by atoms with Gasteiger partial charge in [0.15, 0.2) is 5.78 Å². The summed E-state index contributed by atoms with van der Waals surface area (Å²) in [7, 11) is 0. The Hall–Kier alpha value is -1.05. The molecule has 2 rings (SSSR count). The van der Waals surface area contributed by atoms with Crippen LogP contribution in [0.4, 0.5) is 0 Å². The molecule has 0 spiro atoms. The number of Topliss-reactive ketones (excluding diaryl/α,β-unsaturated/α-hetero) is 1. The van der Waals surface area contributed by atoms with Crippen LogP contribution in [0, 0.1) is 11.8 Å². The van der Waals surface area contributed by atoms with Gasteiger partial charge in [-0.1, -0.05) is 20.3 Å². The van der Waals surface area contributed by atoms with Crippen molar-refractivity contribution in [1.82, 2.24) is 4.57 Å². The van der Waals surface area contributed by atoms with Crippen LogP contribution in [0.15, 0.2) is 18.5 Å². The van der Waals surface area contributed by atoms with Gasteiger partial charge in [0.25, 0.3) is 0 Å². The fourth-order valence-electron chi connectivity index (χ4n) is 1.77. The van der Waals surface area contributed by atoms with Gasteiger partial charge >= 0.3 is 0 Å². The van der Waals surface area contributed by atoms with Crippen molar-refractivity contribution in [3.63, 3.8) is 0 Å². The second-order valence-corrected chi connectivity index (χ2v) is 4.75. The molecule has 2 nitrogen and oxygen atoms in total. The van der Waals surface area contributed by atoms with E-state index in [4.69, 9.17) is 0 Å². The topological polar surface area (TPSA) is 22.0 Å². The molecule has 1 atom stereocenters. The predicted octanol–water partition coefficient (Wildman–Crippen LogP) is 3.13. The number of aromatic nitrogens is 1. The van der Waals surface area contributed by atoms with Crippen molar-refractivity contribution >= 4 is 5.78 Å². The summed E-state index contributed by atoms with van der Waals surface area (Å²) in [5, 5.41) is 0. The predicted molar refractivity (Wildman–Crippen MR) is 60.9 cm³/mol. The van der Waals surface area contributed by atoms with Gasteiger partial charge in [-0.15, -0.1) is 0 Å². The molecule has 1 unspecified atom stereocenters. The van der Waals surface area contributed by atoms with Crippen molar-refractivity contribution in [2.75, 3.05) is 0 Å². The Kier molecular flexibility index (Phi) is 2.94. The first-order chi connectivity index (χ1) is 7.20. The molecule has 0 saturated heterocycles. The third-order valence-corrected chi connectivity index (χ3v) is 3.20. The summed E-state index contributed by atoms with van der Waals surface area (Å²) >= 11 is 0. The average molecular weight is 205 g/mol. The first-order valence-corrected chi connectivity index (χ1v) is 5.90. The maximum absolute atomic E-state index is 11.8. The minimum absolute atomic E-state index is 0.337. The quantitative estimate of drug-likeness (QED) is 0.677. The molecule has 1 saturated carbocycles. The summed E-state index contributed by atoms with van der Waals surface area (Å²) < 4.78 is 2.14. The zero-order valence-electron chi connectivity index (χ0n) is 9.57. The second kappa shape index (κ2) is 4.21. The number of ketones is 1. The van der Waals surface area contributed by atoms with Crippen LogP contribution in [0.2, 0.25) is 0 Å². The minimum atomic E-state index is 0.337. The fraction of sp³-hybridized carbons (Fsp3) is 0.615. The van der Waals surface area contributed by atoms with Crippen molar-refractivity contribution < 1.29 is 4.79 Å². The molecule has 1 aromatic heterocycles. The summed E-state index contributed by atoms with van der Waals surface area (Å²) in [6.07, 6.45) is 7.41. The Labute approximate surface area is 91.3 Å². The van der Waals surface area contributed by atoms with E-state index < -0.39 is 0 Å². The van der Waals surface area contributed by atoms with Gasteiger partial charge in [-0.3, -0.25) is 4.79 Å². The smallest absolute Gasteiger partial charge is 0.167 e. The lowest BCUT2D eigenvalue weighted by atomic mass is 10.1. The Balaban J connectivity index is 2.00. The summed E-state index contributed by atoms with van der Waals surface area (Å²) in [6, 6.07) is 1.96. The van der Waals surface area contributed by atoms with Crippen LogP contribution in [0.3, 0.4) is 0 Å². The van der Waals surface area contributed by atoms with Crippen LogP contribution in [-0.4, -0.2) is 10.4 Å². The van der Waals surface area contributed by atoms with E-state index in [2.05, 4.69) is 18.4 Å². The van der Waals surface area contributed by atoms with E-state index in [1.54, 1.807) is 0 Å². The van der Waals surface area contributed by atoms with Crippen LogP contribution in [0.25, 0.3) is 0 Å². The Morgan fingerprint density at radius 1 is 1.60 bits per heavy atom. The minimum Gasteiger partial charge on any atom is -0.353 e. The van der Waals surface area contributed by atoms with Crippen LogP contribution in [0.5, 0.6) is 0 Å². The standard InChI is InChI=1S/C13H19NO/c1-3-10(2)8-14-7-6-12(9-14)13(15)11-4-5-11/h6-7,9-11H,3-5,8H2,1-2H3. The number of carbonyl (C=O) groups excluding carboxylic acids is 1. The maximum Gasteiger partial charge on any atom is 0.167 e. The SMILES string of the molecule is CCC(C)Cn1ccc(C(=O)C2CC2)c1. The number of hydrogen-bond donors (Lipinski definition) is 0. The van der Waals surface area contributed by atoms with Gasteiger partial charge in [-0.05, 0) is 24.8 Å². The van der Waals surface area contributed by atoms with E-state index in [0.29, 0.717) is 17.6 Å². The zero-order chi connectivity index (χ0) is 10.8. The van der Waals surface area contributed by atoms with Gasteiger partial charge in [-0.2, -0.15) is 0 Å². The molecule has 0 amide bonds. The molecular formula is C13H19NO. The van der Waals surface area contributed by atoms with Crippen molar-refractivity contribution in [1.29, 1.82) is 0 Å². The van der Waals surface area contributed by atoms with E-state index >= 15 is 0 Å². The molecule has 0 aromatic carbocycles. The lowest BCUT2D eigenvalue weighted by molar-refractivity contribution is 0.0967. The lowest BCUT2D eigenvalue weighted by Gasteiger charge is -2.08. The largest absolute Gasteiger partial charge is 0.353 e. The van der Waals surface area contributed by atoms with E-state index in [-0.39, 0.29) is 0 Å². The van der Waals surface area contributed by atoms with E-state index in [9.17, 15) is 4.79 Å². The molecule has 0 bridgehead atoms. The van der Waals surface area contributed by atoms with Crippen molar-refractivity contribution in [2.24, 2.45) is 11.8 Å². The van der Waals surface area contributed by atoms with Gasteiger partial charge in [-0.25, -0.2) is 0 Å². The van der Waals surface area contributed by atoms with Crippen LogP contribution >= 0.6 is 0 Å². The Morgan fingerprint density at radius 3 is 2.93 bits per heavy atom. The highest BCUT2D eigenvalue weighted by Crippen LogP contribution is 2.32. The molecule has 15 heavy (non-hydrogen) atoms. The summed E-state index contributed by atoms with van der Waals surface area (Å²) in [4.78, 5) is 11.8. The molecule has 82 valence electrons. The monoisotopic (exact) mass is 205 g/mol. The zero-order valence-corrected chi connectivity index (χ0v) is 9.57. The van der Waals surface area contributed by atoms with Gasteiger partial charge in [0.1, 0.15) is 0 Å². The van der Waals surface area contributed by atoms with Gasteiger partial charge < -0.3 is 4.57 Å². The van der Waals surface area contributed by atoms with Crippen molar-refractivity contribution in [3.8, 4) is 0 Å². The first kappa shape index (κ1) is 10.5. The molecule has 0 aliphatic heterocycles. The van der Waals surface area contributed by atoms with Crippen LogP contribution < -0.4 is 0 Å². The molecule has 0 N–H and O–H groups in total. The molecule has 2 heteroatoms. The van der Waals surface area contributed by atoms with Gasteiger partial charge in [0, 0.05) is 30.4 Å². The molecule has 0 radical (unpaired) electrons. The van der Waals surface area contributed by atoms with Crippen molar-refractivity contribution in [3.05, 3.63) is 24.0 Å². The third-order valence-electron chi connectivity index (χ3n) is 3.20. The van der Waals surface area contributed by atoms with E-state index in [0.717, 1.165) is 24.9 Å². The molecular weight excluding hydrogens is 186 g/mol. The first-order valence-electron chi connectivity index (χ1n) is 5.90. The highest BCUT2D eigenvalue weighted by molar-refractivity contribution is 5.99. The Morgan fingerprint density at radius 2 is 2.33 bits per heavy atom. The van der Waals surface area contributed by atoms with E-state index in [1.807, 2.05) is 18.5 Å². The van der Waals surface area contributed by atoms with Crippen LogP contribution in [0.1, 0.15) is 43.5 Å². The molecule has 1 aromatic rings. The number of rotatable bonds is 5. The van der Waals surface area contributed by atoms with Gasteiger partial charge in [0.2, 0.25) is 0 Å². The molecule has 1 fully saturated rings. The third kappa shape index (κ3) is 2.49. The molecule has 1 heterocycles. The maximum atomic E-state index is 11.8. The Bertz CT molecular complexity index is 349. The lowest BCUT2D eigenvalue weighted by Crippen LogP contribution is -2.05. The van der Waals surface area contributed by atoms with Crippen molar-refractivity contribution in [2.45, 2.75) is 39.7 Å². The highest BCUT2D eigenvalue weighted by Gasteiger charge is 2.30. The van der Waals surface area contributed by atoms with E-state index in [1.165, 1.54) is 6.42 Å². The van der Waals surface area contributed by atoms with Crippen LogP contribution in [-0.2, 0) is 6.54 Å². The summed E-state index contributed by atoms with van der Waals surface area (Å²) in [6.45, 7) is 5.46. The highest BCUT2D eigenvalue weighted by atomic mass is 16.1. The number of nitrogens with zero attached hydrogens (tertiary/aromatic N) is 1. The number of hydrogen-bond acceptors (Lipinski definition) is 1. The number of carbonyl (C=O) groups is 1. The second-order valence-electron chi connectivity index (χ2n) is 4.75. The normalized spacial score (nSPS) is 17.7. The fourth-order valence-corrected chi connectivity index (χ4v) is 1.77. The van der Waals surface area contributed by atoms with Gasteiger partial charge in [0.05, 0.1) is 0 Å². The summed E-state index contributed by atoms with van der Waals surface area (Å²) in [5.41, 5.74) is 0.904. The average Bonchev–Trinajstić information content (AvgIpc) is 2.98.